The SMILES string of the molecule is CCNC(=NCc1ccc(OC)c(O)c1)NCCOCCC(C)C. The quantitative estimate of drug-likeness (QED) is 0.347. The van der Waals surface area contributed by atoms with E-state index in [0.717, 1.165) is 31.1 Å². The summed E-state index contributed by atoms with van der Waals surface area (Å²) in [4.78, 5) is 4.51. The molecule has 0 aliphatic rings. The number of nitrogens with zero attached hydrogens (tertiary/aromatic N) is 1. The van der Waals surface area contributed by atoms with E-state index >= 15 is 0 Å². The number of phenols is 1. The van der Waals surface area contributed by atoms with Crippen molar-refractivity contribution in [3.05, 3.63) is 23.8 Å². The first-order valence-electron chi connectivity index (χ1n) is 8.52. The van der Waals surface area contributed by atoms with Gasteiger partial charge in [0.1, 0.15) is 0 Å². The summed E-state index contributed by atoms with van der Waals surface area (Å²) in [5.74, 6) is 1.99. The maximum absolute atomic E-state index is 9.80. The predicted molar refractivity (Wildman–Crippen MR) is 97.8 cm³/mol. The lowest BCUT2D eigenvalue weighted by molar-refractivity contribution is 0.128. The Kier molecular flexibility index (Phi) is 9.68. The number of aliphatic imine (C=N–C) groups is 1. The molecule has 3 N–H and O–H groups in total. The van der Waals surface area contributed by atoms with Crippen LogP contribution in [0.4, 0.5) is 0 Å². The minimum absolute atomic E-state index is 0.127. The van der Waals surface area contributed by atoms with Gasteiger partial charge in [0.25, 0.3) is 0 Å². The van der Waals surface area contributed by atoms with Gasteiger partial charge in [0.05, 0.1) is 20.3 Å². The Morgan fingerprint density at radius 1 is 1.25 bits per heavy atom. The molecule has 136 valence electrons. The lowest BCUT2D eigenvalue weighted by Crippen LogP contribution is -2.39. The number of benzene rings is 1. The maximum atomic E-state index is 9.80. The topological polar surface area (TPSA) is 75.1 Å². The highest BCUT2D eigenvalue weighted by Gasteiger charge is 2.03. The number of ether oxygens (including phenoxy) is 2. The van der Waals surface area contributed by atoms with Crippen molar-refractivity contribution in [3.63, 3.8) is 0 Å². The Balaban J connectivity index is 2.43. The number of hydrogen-bond donors (Lipinski definition) is 3. The van der Waals surface area contributed by atoms with Crippen LogP contribution in [0.5, 0.6) is 11.5 Å². The number of hydrogen-bond acceptors (Lipinski definition) is 4. The maximum Gasteiger partial charge on any atom is 0.191 e. The monoisotopic (exact) mass is 337 g/mol. The fourth-order valence-electron chi connectivity index (χ4n) is 2.01. The normalized spacial score (nSPS) is 11.6. The van der Waals surface area contributed by atoms with Crippen LogP contribution in [-0.4, -0.2) is 44.5 Å². The van der Waals surface area contributed by atoms with Crippen molar-refractivity contribution in [2.75, 3.05) is 33.4 Å². The van der Waals surface area contributed by atoms with E-state index in [1.807, 2.05) is 13.0 Å². The van der Waals surface area contributed by atoms with Gasteiger partial charge in [-0.15, -0.1) is 0 Å². The second kappa shape index (κ2) is 11.6. The number of phenolic OH excluding ortho intramolecular Hbond substituents is 1. The molecule has 0 amide bonds. The Morgan fingerprint density at radius 2 is 2.04 bits per heavy atom. The van der Waals surface area contributed by atoms with Crippen molar-refractivity contribution in [1.82, 2.24) is 10.6 Å². The van der Waals surface area contributed by atoms with Gasteiger partial charge in [0.2, 0.25) is 0 Å². The average Bonchev–Trinajstić information content (AvgIpc) is 2.55. The first-order valence-corrected chi connectivity index (χ1v) is 8.52. The molecule has 0 fully saturated rings. The summed E-state index contributed by atoms with van der Waals surface area (Å²) in [6.07, 6.45) is 1.08. The van der Waals surface area contributed by atoms with E-state index in [0.29, 0.717) is 31.4 Å². The number of nitrogens with one attached hydrogen (secondary N) is 2. The highest BCUT2D eigenvalue weighted by atomic mass is 16.5. The molecule has 0 aromatic heterocycles. The molecule has 0 atom stereocenters. The third-order valence-corrected chi connectivity index (χ3v) is 3.39. The van der Waals surface area contributed by atoms with Gasteiger partial charge < -0.3 is 25.2 Å². The standard InChI is InChI=1S/C18H31N3O3/c1-5-19-18(20-9-11-24-10-8-14(2)3)21-13-15-6-7-17(23-4)16(22)12-15/h6-7,12,14,22H,5,8-11,13H2,1-4H3,(H2,19,20,21). The molecular weight excluding hydrogens is 306 g/mol. The molecule has 1 rings (SSSR count). The highest BCUT2D eigenvalue weighted by Crippen LogP contribution is 2.26. The molecule has 6 nitrogen and oxygen atoms in total. The van der Waals surface area contributed by atoms with Crippen molar-refractivity contribution in [2.45, 2.75) is 33.7 Å². The Hall–Kier alpha value is -1.95. The molecule has 0 heterocycles. The van der Waals surface area contributed by atoms with Crippen LogP contribution in [0.15, 0.2) is 23.2 Å². The molecule has 0 aliphatic heterocycles. The van der Waals surface area contributed by atoms with E-state index < -0.39 is 0 Å². The molecule has 0 unspecified atom stereocenters. The average molecular weight is 337 g/mol. The number of methoxy groups -OCH3 is 1. The van der Waals surface area contributed by atoms with Crippen molar-refractivity contribution < 1.29 is 14.6 Å². The fraction of sp³-hybridized carbons (Fsp3) is 0.611. The summed E-state index contributed by atoms with van der Waals surface area (Å²) in [6, 6.07) is 5.30. The van der Waals surface area contributed by atoms with Gasteiger partial charge in [0, 0.05) is 19.7 Å². The molecule has 24 heavy (non-hydrogen) atoms. The zero-order valence-corrected chi connectivity index (χ0v) is 15.3. The van der Waals surface area contributed by atoms with E-state index in [-0.39, 0.29) is 5.75 Å². The summed E-state index contributed by atoms with van der Waals surface area (Å²) < 4.78 is 10.6. The first kappa shape index (κ1) is 20.1. The Morgan fingerprint density at radius 3 is 2.67 bits per heavy atom. The van der Waals surface area contributed by atoms with E-state index in [9.17, 15) is 5.11 Å². The Labute approximate surface area is 145 Å². The molecule has 1 aromatic carbocycles. The second-order valence-electron chi connectivity index (χ2n) is 5.92. The van der Waals surface area contributed by atoms with Crippen LogP contribution in [-0.2, 0) is 11.3 Å². The van der Waals surface area contributed by atoms with Crippen LogP contribution >= 0.6 is 0 Å². The number of rotatable bonds is 10. The number of guanidine groups is 1. The molecule has 6 heteroatoms. The van der Waals surface area contributed by atoms with Crippen LogP contribution in [0.3, 0.4) is 0 Å². The smallest absolute Gasteiger partial charge is 0.191 e. The van der Waals surface area contributed by atoms with Crippen molar-refractivity contribution >= 4 is 5.96 Å². The van der Waals surface area contributed by atoms with Gasteiger partial charge in [-0.25, -0.2) is 4.99 Å². The predicted octanol–water partition coefficient (Wildman–Crippen LogP) is 2.52. The van der Waals surface area contributed by atoms with Gasteiger partial charge in [-0.3, -0.25) is 0 Å². The molecule has 0 saturated heterocycles. The summed E-state index contributed by atoms with van der Waals surface area (Å²) >= 11 is 0. The summed E-state index contributed by atoms with van der Waals surface area (Å²) in [5.41, 5.74) is 0.915. The summed E-state index contributed by atoms with van der Waals surface area (Å²) in [7, 11) is 1.53. The van der Waals surface area contributed by atoms with Gasteiger partial charge in [-0.1, -0.05) is 19.9 Å². The van der Waals surface area contributed by atoms with Crippen molar-refractivity contribution in [1.29, 1.82) is 0 Å². The lowest BCUT2D eigenvalue weighted by Gasteiger charge is -2.12. The van der Waals surface area contributed by atoms with E-state index in [2.05, 4.69) is 29.5 Å². The largest absolute Gasteiger partial charge is 0.504 e. The number of aromatic hydroxyl groups is 1. The molecule has 0 spiro atoms. The zero-order chi connectivity index (χ0) is 17.8. The van der Waals surface area contributed by atoms with E-state index in [1.54, 1.807) is 12.1 Å². The van der Waals surface area contributed by atoms with Crippen LogP contribution in [0.25, 0.3) is 0 Å². The molecule has 0 bridgehead atoms. The zero-order valence-electron chi connectivity index (χ0n) is 15.3. The molecule has 0 aliphatic carbocycles. The lowest BCUT2D eigenvalue weighted by atomic mass is 10.1. The minimum Gasteiger partial charge on any atom is -0.504 e. The Bertz CT molecular complexity index is 504. The van der Waals surface area contributed by atoms with E-state index in [1.165, 1.54) is 7.11 Å². The third-order valence-electron chi connectivity index (χ3n) is 3.39. The van der Waals surface area contributed by atoms with Crippen molar-refractivity contribution in [2.24, 2.45) is 10.9 Å². The van der Waals surface area contributed by atoms with E-state index in [4.69, 9.17) is 9.47 Å². The fourth-order valence-corrected chi connectivity index (χ4v) is 2.01. The van der Waals surface area contributed by atoms with Crippen LogP contribution in [0, 0.1) is 5.92 Å². The molecular formula is C18H31N3O3. The van der Waals surface area contributed by atoms with Gasteiger partial charge in [-0.05, 0) is 37.0 Å². The summed E-state index contributed by atoms with van der Waals surface area (Å²) in [5, 5.41) is 16.2. The third kappa shape index (κ3) is 8.06. The first-order chi connectivity index (χ1) is 11.6. The highest BCUT2D eigenvalue weighted by molar-refractivity contribution is 5.79. The molecule has 0 saturated carbocycles. The van der Waals surface area contributed by atoms with Crippen molar-refractivity contribution in [3.8, 4) is 11.5 Å². The van der Waals surface area contributed by atoms with Crippen LogP contribution in [0.2, 0.25) is 0 Å². The van der Waals surface area contributed by atoms with Gasteiger partial charge >= 0.3 is 0 Å². The summed E-state index contributed by atoms with van der Waals surface area (Å²) in [6.45, 7) is 9.81. The molecule has 1 aromatic rings. The minimum atomic E-state index is 0.127. The van der Waals surface area contributed by atoms with Gasteiger partial charge in [0.15, 0.2) is 17.5 Å². The van der Waals surface area contributed by atoms with Crippen LogP contribution in [0.1, 0.15) is 32.8 Å². The van der Waals surface area contributed by atoms with Gasteiger partial charge in [-0.2, -0.15) is 0 Å². The second-order valence-corrected chi connectivity index (χ2v) is 5.92. The van der Waals surface area contributed by atoms with Crippen LogP contribution < -0.4 is 15.4 Å². The molecule has 0 radical (unpaired) electrons.